The van der Waals surface area contributed by atoms with E-state index in [1.807, 2.05) is 0 Å². The molecule has 92 valence electrons. The highest BCUT2D eigenvalue weighted by Gasteiger charge is 2.01. The SMILES string of the molecule is O=C(/C=C/c1cccc(Cl)c1Cl)NCCCO. The van der Waals surface area contributed by atoms with Crippen LogP contribution in [0.2, 0.25) is 10.0 Å². The van der Waals surface area contributed by atoms with Crippen LogP contribution in [0.25, 0.3) is 6.08 Å². The van der Waals surface area contributed by atoms with Gasteiger partial charge in [-0.3, -0.25) is 4.79 Å². The van der Waals surface area contributed by atoms with E-state index in [2.05, 4.69) is 5.32 Å². The van der Waals surface area contributed by atoms with Crippen LogP contribution in [0, 0.1) is 0 Å². The fourth-order valence-electron chi connectivity index (χ4n) is 1.16. The van der Waals surface area contributed by atoms with Gasteiger partial charge in [0.25, 0.3) is 0 Å². The Kier molecular flexibility index (Phi) is 6.05. The van der Waals surface area contributed by atoms with Crippen LogP contribution in [-0.4, -0.2) is 24.2 Å². The van der Waals surface area contributed by atoms with Gasteiger partial charge >= 0.3 is 0 Å². The lowest BCUT2D eigenvalue weighted by Gasteiger charge is -2.01. The number of halogens is 2. The Bertz CT molecular complexity index is 419. The Labute approximate surface area is 110 Å². The molecule has 0 atom stereocenters. The Morgan fingerprint density at radius 2 is 2.18 bits per heavy atom. The zero-order valence-corrected chi connectivity index (χ0v) is 10.6. The fraction of sp³-hybridized carbons (Fsp3) is 0.250. The Morgan fingerprint density at radius 3 is 2.88 bits per heavy atom. The van der Waals surface area contributed by atoms with Crippen molar-refractivity contribution >= 4 is 35.2 Å². The molecule has 0 unspecified atom stereocenters. The highest BCUT2D eigenvalue weighted by Crippen LogP contribution is 2.26. The molecule has 17 heavy (non-hydrogen) atoms. The summed E-state index contributed by atoms with van der Waals surface area (Å²) < 4.78 is 0. The molecule has 1 amide bonds. The van der Waals surface area contributed by atoms with E-state index in [-0.39, 0.29) is 12.5 Å². The lowest BCUT2D eigenvalue weighted by molar-refractivity contribution is -0.116. The summed E-state index contributed by atoms with van der Waals surface area (Å²) in [5.41, 5.74) is 0.691. The summed E-state index contributed by atoms with van der Waals surface area (Å²) in [7, 11) is 0. The number of aliphatic hydroxyl groups is 1. The molecule has 0 aromatic heterocycles. The van der Waals surface area contributed by atoms with Crippen LogP contribution in [0.15, 0.2) is 24.3 Å². The van der Waals surface area contributed by atoms with Gasteiger partial charge in [-0.2, -0.15) is 0 Å². The molecule has 0 aliphatic rings. The first-order valence-corrected chi connectivity index (χ1v) is 5.91. The molecule has 3 nitrogen and oxygen atoms in total. The van der Waals surface area contributed by atoms with E-state index in [9.17, 15) is 4.79 Å². The second-order valence-electron chi connectivity index (χ2n) is 3.34. The first-order chi connectivity index (χ1) is 8.15. The van der Waals surface area contributed by atoms with Gasteiger partial charge in [0.2, 0.25) is 5.91 Å². The minimum Gasteiger partial charge on any atom is -0.396 e. The molecule has 0 radical (unpaired) electrons. The Balaban J connectivity index is 2.58. The predicted molar refractivity (Wildman–Crippen MR) is 70.2 cm³/mol. The number of aliphatic hydroxyl groups excluding tert-OH is 1. The lowest BCUT2D eigenvalue weighted by atomic mass is 10.2. The molecular weight excluding hydrogens is 261 g/mol. The summed E-state index contributed by atoms with van der Waals surface area (Å²) in [6.45, 7) is 0.507. The van der Waals surface area contributed by atoms with Crippen molar-refractivity contribution in [2.75, 3.05) is 13.2 Å². The summed E-state index contributed by atoms with van der Waals surface area (Å²) in [5.74, 6) is -0.227. The van der Waals surface area contributed by atoms with Crippen LogP contribution in [-0.2, 0) is 4.79 Å². The number of nitrogens with one attached hydrogen (secondary N) is 1. The van der Waals surface area contributed by atoms with E-state index in [1.54, 1.807) is 24.3 Å². The van der Waals surface area contributed by atoms with E-state index in [4.69, 9.17) is 28.3 Å². The van der Waals surface area contributed by atoms with Crippen molar-refractivity contribution in [3.05, 3.63) is 39.9 Å². The summed E-state index contributed by atoms with van der Waals surface area (Å²) in [6, 6.07) is 5.21. The van der Waals surface area contributed by atoms with E-state index in [0.717, 1.165) is 0 Å². The number of benzene rings is 1. The van der Waals surface area contributed by atoms with Gasteiger partial charge in [-0.1, -0.05) is 35.3 Å². The largest absolute Gasteiger partial charge is 0.396 e. The van der Waals surface area contributed by atoms with Gasteiger partial charge in [-0.25, -0.2) is 0 Å². The number of rotatable bonds is 5. The maximum Gasteiger partial charge on any atom is 0.244 e. The van der Waals surface area contributed by atoms with Crippen LogP contribution in [0.1, 0.15) is 12.0 Å². The zero-order chi connectivity index (χ0) is 12.7. The number of carbonyl (C=O) groups is 1. The number of amides is 1. The second-order valence-corrected chi connectivity index (χ2v) is 4.13. The van der Waals surface area contributed by atoms with Crippen molar-refractivity contribution in [1.82, 2.24) is 5.32 Å². The zero-order valence-electron chi connectivity index (χ0n) is 9.12. The number of hydrogen-bond acceptors (Lipinski definition) is 2. The van der Waals surface area contributed by atoms with E-state index in [0.29, 0.717) is 28.6 Å². The van der Waals surface area contributed by atoms with Gasteiger partial charge < -0.3 is 10.4 Å². The van der Waals surface area contributed by atoms with Crippen LogP contribution < -0.4 is 5.32 Å². The molecule has 0 aliphatic heterocycles. The van der Waals surface area contributed by atoms with Crippen molar-refractivity contribution in [3.8, 4) is 0 Å². The average Bonchev–Trinajstić information content (AvgIpc) is 2.31. The maximum atomic E-state index is 11.3. The van der Waals surface area contributed by atoms with Gasteiger partial charge in [-0.05, 0) is 24.1 Å². The van der Waals surface area contributed by atoms with Gasteiger partial charge in [0.1, 0.15) is 0 Å². The maximum absolute atomic E-state index is 11.3. The summed E-state index contributed by atoms with van der Waals surface area (Å²) in [5, 5.41) is 12.1. The Hall–Kier alpha value is -1.03. The molecule has 1 aromatic carbocycles. The molecule has 1 rings (SSSR count). The number of carbonyl (C=O) groups excluding carboxylic acids is 1. The third kappa shape index (κ3) is 4.77. The minimum atomic E-state index is -0.227. The molecule has 0 fully saturated rings. The van der Waals surface area contributed by atoms with Gasteiger partial charge in [0.15, 0.2) is 0 Å². The van der Waals surface area contributed by atoms with E-state index in [1.165, 1.54) is 6.08 Å². The first kappa shape index (κ1) is 14.0. The van der Waals surface area contributed by atoms with Crippen molar-refractivity contribution in [2.24, 2.45) is 0 Å². The van der Waals surface area contributed by atoms with Gasteiger partial charge in [0, 0.05) is 19.2 Å². The highest BCUT2D eigenvalue weighted by atomic mass is 35.5. The van der Waals surface area contributed by atoms with Crippen molar-refractivity contribution in [3.63, 3.8) is 0 Å². The van der Waals surface area contributed by atoms with Crippen molar-refractivity contribution in [1.29, 1.82) is 0 Å². The van der Waals surface area contributed by atoms with E-state index < -0.39 is 0 Å². The third-order valence-corrected chi connectivity index (χ3v) is 2.86. The third-order valence-electron chi connectivity index (χ3n) is 2.03. The molecule has 5 heteroatoms. The molecule has 0 bridgehead atoms. The smallest absolute Gasteiger partial charge is 0.244 e. The van der Waals surface area contributed by atoms with Crippen LogP contribution in [0.4, 0.5) is 0 Å². The summed E-state index contributed by atoms with van der Waals surface area (Å²) in [6.07, 6.45) is 3.52. The van der Waals surface area contributed by atoms with Crippen LogP contribution >= 0.6 is 23.2 Å². The second kappa shape index (κ2) is 7.33. The van der Waals surface area contributed by atoms with Gasteiger partial charge in [0.05, 0.1) is 10.0 Å². The van der Waals surface area contributed by atoms with Crippen LogP contribution in [0.5, 0.6) is 0 Å². The van der Waals surface area contributed by atoms with Crippen molar-refractivity contribution in [2.45, 2.75) is 6.42 Å². The molecule has 0 aliphatic carbocycles. The minimum absolute atomic E-state index is 0.0596. The molecule has 0 heterocycles. The molecule has 2 N–H and O–H groups in total. The normalized spacial score (nSPS) is 10.8. The average molecular weight is 274 g/mol. The standard InChI is InChI=1S/C12H13Cl2NO2/c13-10-4-1-3-9(12(10)14)5-6-11(17)15-7-2-8-16/h1,3-6,16H,2,7-8H2,(H,15,17)/b6-5+. The quantitative estimate of drug-likeness (QED) is 0.640. The van der Waals surface area contributed by atoms with Gasteiger partial charge in [-0.15, -0.1) is 0 Å². The lowest BCUT2D eigenvalue weighted by Crippen LogP contribution is -2.22. The Morgan fingerprint density at radius 1 is 1.41 bits per heavy atom. The monoisotopic (exact) mass is 273 g/mol. The fourth-order valence-corrected chi connectivity index (χ4v) is 1.54. The molecule has 0 saturated carbocycles. The van der Waals surface area contributed by atoms with Crippen LogP contribution in [0.3, 0.4) is 0 Å². The number of hydrogen-bond donors (Lipinski definition) is 2. The molecular formula is C12H13Cl2NO2. The van der Waals surface area contributed by atoms with E-state index >= 15 is 0 Å². The molecule has 0 spiro atoms. The predicted octanol–water partition coefficient (Wildman–Crippen LogP) is 2.51. The topological polar surface area (TPSA) is 49.3 Å². The molecule has 0 saturated heterocycles. The molecule has 1 aromatic rings. The summed E-state index contributed by atoms with van der Waals surface area (Å²) >= 11 is 11.8. The summed E-state index contributed by atoms with van der Waals surface area (Å²) in [4.78, 5) is 11.3. The van der Waals surface area contributed by atoms with Crippen molar-refractivity contribution < 1.29 is 9.90 Å². The highest BCUT2D eigenvalue weighted by molar-refractivity contribution is 6.42. The first-order valence-electron chi connectivity index (χ1n) is 5.16.